The van der Waals surface area contributed by atoms with Gasteiger partial charge in [0.25, 0.3) is 12.8 Å². The number of benzene rings is 3. The molecule has 0 bridgehead atoms. The van der Waals surface area contributed by atoms with Crippen LogP contribution < -0.4 is 4.74 Å². The van der Waals surface area contributed by atoms with Gasteiger partial charge in [-0.05, 0) is 78.0 Å². The van der Waals surface area contributed by atoms with Crippen LogP contribution in [0.15, 0.2) is 77.8 Å². The number of aliphatic hydroxyl groups is 1. The number of alkyl halides is 6. The highest BCUT2D eigenvalue weighted by Crippen LogP contribution is 2.39. The highest BCUT2D eigenvalue weighted by molar-refractivity contribution is 8.00. The summed E-state index contributed by atoms with van der Waals surface area (Å²) in [6.07, 6.45) is -5.28. The van der Waals surface area contributed by atoms with Gasteiger partial charge in [0.1, 0.15) is 11.6 Å². The fourth-order valence-corrected chi connectivity index (χ4v) is 3.89. The van der Waals surface area contributed by atoms with Crippen molar-refractivity contribution in [3.8, 4) is 11.4 Å². The maximum Gasteiger partial charge on any atom is 0.446 e. The fraction of sp³-hybridized carbons (Fsp3) is 0.174. The van der Waals surface area contributed by atoms with Gasteiger partial charge >= 0.3 is 5.51 Å². The molecule has 0 saturated heterocycles. The molecule has 0 aliphatic carbocycles. The summed E-state index contributed by atoms with van der Waals surface area (Å²) in [5.41, 5.74) is -7.53. The van der Waals surface area contributed by atoms with Gasteiger partial charge in [-0.3, -0.25) is 0 Å². The molecule has 0 aliphatic heterocycles. The van der Waals surface area contributed by atoms with Crippen LogP contribution in [-0.2, 0) is 5.60 Å². The van der Waals surface area contributed by atoms with Gasteiger partial charge in [0.05, 0.1) is 17.4 Å². The molecule has 12 heteroatoms. The molecule has 2 atom stereocenters. The Balaban J connectivity index is 1.61. The van der Waals surface area contributed by atoms with Gasteiger partial charge in [-0.2, -0.15) is 22.7 Å². The highest BCUT2D eigenvalue weighted by atomic mass is 32.2. The van der Waals surface area contributed by atoms with Crippen molar-refractivity contribution < 1.29 is 40.6 Å². The van der Waals surface area contributed by atoms with Crippen molar-refractivity contribution in [1.29, 1.82) is 0 Å². The molecule has 1 aromatic heterocycles. The number of fused-ring (bicyclic) bond motifs is 1. The molecular weight excluding hydrogens is 501 g/mol. The second-order valence-electron chi connectivity index (χ2n) is 7.39. The second kappa shape index (κ2) is 9.42. The molecule has 4 rings (SSSR count). The Morgan fingerprint density at radius 2 is 1.57 bits per heavy atom. The topological polar surface area (TPSA) is 47.3 Å². The van der Waals surface area contributed by atoms with Gasteiger partial charge in [0.2, 0.25) is 5.60 Å². The number of thioether (sulfide) groups is 1. The summed E-state index contributed by atoms with van der Waals surface area (Å²) in [7, 11) is 0. The molecule has 0 aliphatic rings. The monoisotopic (exact) mass is 516 g/mol. The molecule has 0 amide bonds. The molecule has 184 valence electrons. The largest absolute Gasteiger partial charge is 0.457 e. The zero-order valence-corrected chi connectivity index (χ0v) is 18.2. The van der Waals surface area contributed by atoms with E-state index >= 15 is 0 Å². The predicted octanol–water partition coefficient (Wildman–Crippen LogP) is 6.60. The molecule has 4 aromatic rings. The van der Waals surface area contributed by atoms with Crippen LogP contribution in [0.3, 0.4) is 0 Å². The zero-order valence-electron chi connectivity index (χ0n) is 17.4. The normalized spacial score (nSPS) is 14.8. The summed E-state index contributed by atoms with van der Waals surface area (Å²) >= 11 is -0.407. The minimum atomic E-state index is -4.54. The van der Waals surface area contributed by atoms with E-state index < -0.39 is 47.0 Å². The van der Waals surface area contributed by atoms with Gasteiger partial charge < -0.3 is 9.84 Å². The Labute approximate surface area is 197 Å². The van der Waals surface area contributed by atoms with E-state index in [0.717, 1.165) is 36.4 Å². The molecule has 2 unspecified atom stereocenters. The van der Waals surface area contributed by atoms with Gasteiger partial charge in [0.15, 0.2) is 0 Å². The number of hydrogen-bond donors (Lipinski definition) is 1. The molecule has 1 heterocycles. The Kier molecular flexibility index (Phi) is 6.69. The Morgan fingerprint density at radius 1 is 0.914 bits per heavy atom. The lowest BCUT2D eigenvalue weighted by Crippen LogP contribution is -2.46. The number of hydrogen-bond acceptors (Lipinski definition) is 4. The summed E-state index contributed by atoms with van der Waals surface area (Å²) < 4.78 is 99.6. The molecule has 3 aromatic carbocycles. The fourth-order valence-electron chi connectivity index (χ4n) is 3.36. The van der Waals surface area contributed by atoms with Crippen LogP contribution in [0.1, 0.15) is 5.56 Å². The second-order valence-corrected chi connectivity index (χ2v) is 8.52. The van der Waals surface area contributed by atoms with Gasteiger partial charge in [-0.25, -0.2) is 17.9 Å². The van der Waals surface area contributed by atoms with Crippen molar-refractivity contribution in [3.05, 3.63) is 84.3 Å². The molecular formula is C23H15F7N2O2S. The first-order valence-electron chi connectivity index (χ1n) is 9.88. The molecule has 0 saturated carbocycles. The third-order valence-corrected chi connectivity index (χ3v) is 5.82. The number of nitrogens with zero attached hydrogens (tertiary/aromatic N) is 2. The van der Waals surface area contributed by atoms with Crippen LogP contribution in [0, 0.1) is 5.82 Å². The number of ether oxygens (including phenoxy) is 1. The van der Waals surface area contributed by atoms with E-state index in [-0.39, 0.29) is 16.0 Å². The van der Waals surface area contributed by atoms with Crippen LogP contribution in [0.25, 0.3) is 16.6 Å². The number of aromatic nitrogens is 2. The SMILES string of the molecule is OC(c1ccc2c(cnn2-c2ccc(F)cc2)c1)(C(F)F)C(F)Oc1ccc(SC(F)(F)F)cc1. The third kappa shape index (κ3) is 5.22. The van der Waals surface area contributed by atoms with Crippen molar-refractivity contribution in [1.82, 2.24) is 9.78 Å². The lowest BCUT2D eigenvalue weighted by Gasteiger charge is -2.31. The number of halogens is 7. The maximum absolute atomic E-state index is 15.0. The van der Waals surface area contributed by atoms with Crippen molar-refractivity contribution in [2.75, 3.05) is 0 Å². The average Bonchev–Trinajstić information content (AvgIpc) is 3.22. The molecule has 0 radical (unpaired) electrons. The Hall–Kier alpha value is -3.25. The molecule has 1 N–H and O–H groups in total. The van der Waals surface area contributed by atoms with E-state index in [9.17, 15) is 35.8 Å². The summed E-state index contributed by atoms with van der Waals surface area (Å²) in [5.74, 6) is -0.814. The van der Waals surface area contributed by atoms with Crippen LogP contribution >= 0.6 is 11.8 Å². The molecule has 35 heavy (non-hydrogen) atoms. The van der Waals surface area contributed by atoms with E-state index in [0.29, 0.717) is 11.2 Å². The summed E-state index contributed by atoms with van der Waals surface area (Å²) in [6, 6.07) is 12.8. The lowest BCUT2D eigenvalue weighted by molar-refractivity contribution is -0.200. The Morgan fingerprint density at radius 3 is 2.17 bits per heavy atom. The van der Waals surface area contributed by atoms with Crippen molar-refractivity contribution in [2.45, 2.75) is 28.8 Å². The summed E-state index contributed by atoms with van der Waals surface area (Å²) in [6.45, 7) is 0. The van der Waals surface area contributed by atoms with Crippen molar-refractivity contribution >= 4 is 22.7 Å². The van der Waals surface area contributed by atoms with Crippen LogP contribution in [-0.4, -0.2) is 33.2 Å². The van der Waals surface area contributed by atoms with Crippen LogP contribution in [0.2, 0.25) is 0 Å². The highest BCUT2D eigenvalue weighted by Gasteiger charge is 2.50. The molecule has 4 nitrogen and oxygen atoms in total. The summed E-state index contributed by atoms with van der Waals surface area (Å²) in [4.78, 5) is -0.215. The van der Waals surface area contributed by atoms with Gasteiger partial charge in [0, 0.05) is 10.3 Å². The first kappa shape index (κ1) is 24.9. The zero-order chi connectivity index (χ0) is 25.4. The van der Waals surface area contributed by atoms with Crippen LogP contribution in [0.5, 0.6) is 5.75 Å². The molecule has 0 spiro atoms. The quantitative estimate of drug-likeness (QED) is 0.222. The summed E-state index contributed by atoms with van der Waals surface area (Å²) in [5, 5.41) is 15.1. The predicted molar refractivity (Wildman–Crippen MR) is 115 cm³/mol. The van der Waals surface area contributed by atoms with E-state index in [1.165, 1.54) is 41.2 Å². The number of rotatable bonds is 7. The van der Waals surface area contributed by atoms with E-state index in [2.05, 4.69) is 5.10 Å². The minimum absolute atomic E-state index is 0.215. The molecule has 0 fully saturated rings. The van der Waals surface area contributed by atoms with Crippen LogP contribution in [0.4, 0.5) is 30.7 Å². The third-order valence-electron chi connectivity index (χ3n) is 5.08. The van der Waals surface area contributed by atoms with Crippen molar-refractivity contribution in [2.24, 2.45) is 0 Å². The van der Waals surface area contributed by atoms with Gasteiger partial charge in [-0.15, -0.1) is 0 Å². The lowest BCUT2D eigenvalue weighted by atomic mass is 9.93. The minimum Gasteiger partial charge on any atom is -0.457 e. The Bertz CT molecular complexity index is 1310. The maximum atomic E-state index is 15.0. The average molecular weight is 516 g/mol. The van der Waals surface area contributed by atoms with E-state index in [4.69, 9.17) is 4.74 Å². The van der Waals surface area contributed by atoms with Gasteiger partial charge in [-0.1, -0.05) is 6.07 Å². The van der Waals surface area contributed by atoms with E-state index in [1.54, 1.807) is 0 Å². The first-order valence-corrected chi connectivity index (χ1v) is 10.7. The first-order chi connectivity index (χ1) is 16.5. The van der Waals surface area contributed by atoms with Crippen molar-refractivity contribution in [3.63, 3.8) is 0 Å². The van der Waals surface area contributed by atoms with E-state index in [1.807, 2.05) is 0 Å². The smallest absolute Gasteiger partial charge is 0.446 e. The standard InChI is InChI=1S/C23H15F7N2O2S/c24-15-2-4-16(5-3-15)32-19-10-1-14(11-13(19)12-31-32)22(33,20(25)26)21(27)34-17-6-8-18(9-7-17)35-23(28,29)30/h1-12,20-21,33H.